The van der Waals surface area contributed by atoms with E-state index in [1.165, 1.54) is 25.9 Å². The standard InChI is InChI=1S/C15H21N3S/c1-11-4-6-17(7-5-11)10-18-13(3)8-12(2)14(9-16)15(18)19/h8,11H,4-7,10H2,1-3H3/p+1. The molecule has 19 heavy (non-hydrogen) atoms. The molecule has 1 N–H and O–H groups in total. The molecule has 1 aliphatic rings. The van der Waals surface area contributed by atoms with Crippen molar-refractivity contribution in [1.29, 1.82) is 5.26 Å². The molecule has 0 aromatic carbocycles. The predicted octanol–water partition coefficient (Wildman–Crippen LogP) is 1.98. The van der Waals surface area contributed by atoms with E-state index in [-0.39, 0.29) is 0 Å². The Labute approximate surface area is 120 Å². The van der Waals surface area contributed by atoms with Gasteiger partial charge in [0.25, 0.3) is 0 Å². The molecular formula is C15H22N3S+. The number of nitriles is 1. The highest BCUT2D eigenvalue weighted by atomic mass is 32.1. The van der Waals surface area contributed by atoms with Gasteiger partial charge in [-0.05, 0) is 44.2 Å². The van der Waals surface area contributed by atoms with Crippen LogP contribution < -0.4 is 4.90 Å². The first-order valence-electron chi connectivity index (χ1n) is 6.97. The number of likely N-dealkylation sites (tertiary alicyclic amines) is 1. The SMILES string of the molecule is Cc1cc(C)n(C[NH+]2CCC(C)CC2)c(=S)c1C#N. The summed E-state index contributed by atoms with van der Waals surface area (Å²) in [7, 11) is 0. The second kappa shape index (κ2) is 5.85. The molecule has 0 amide bonds. The number of nitrogens with one attached hydrogen (secondary N) is 1. The largest absolute Gasteiger partial charge is 0.318 e. The van der Waals surface area contributed by atoms with Gasteiger partial charge in [0, 0.05) is 5.69 Å². The van der Waals surface area contributed by atoms with Gasteiger partial charge < -0.3 is 4.90 Å². The Morgan fingerprint density at radius 3 is 2.63 bits per heavy atom. The summed E-state index contributed by atoms with van der Waals surface area (Å²) in [6.07, 6.45) is 2.58. The van der Waals surface area contributed by atoms with Crippen molar-refractivity contribution >= 4 is 12.2 Å². The van der Waals surface area contributed by atoms with Gasteiger partial charge in [0.15, 0.2) is 6.67 Å². The third kappa shape index (κ3) is 3.05. The third-order valence-electron chi connectivity index (χ3n) is 4.18. The molecule has 0 bridgehead atoms. The molecule has 0 radical (unpaired) electrons. The highest BCUT2D eigenvalue weighted by Crippen LogP contribution is 2.13. The summed E-state index contributed by atoms with van der Waals surface area (Å²) in [5.74, 6) is 0.852. The first-order chi connectivity index (χ1) is 9.02. The maximum absolute atomic E-state index is 9.22. The Morgan fingerprint density at radius 2 is 2.05 bits per heavy atom. The van der Waals surface area contributed by atoms with Crippen LogP contribution >= 0.6 is 12.2 Å². The molecule has 0 atom stereocenters. The van der Waals surface area contributed by atoms with Crippen molar-refractivity contribution in [1.82, 2.24) is 4.57 Å². The van der Waals surface area contributed by atoms with Crippen LogP contribution in [0.4, 0.5) is 0 Å². The summed E-state index contributed by atoms with van der Waals surface area (Å²) in [6, 6.07) is 4.31. The molecule has 0 spiro atoms. The number of piperidine rings is 1. The predicted molar refractivity (Wildman–Crippen MR) is 78.5 cm³/mol. The highest BCUT2D eigenvalue weighted by Gasteiger charge is 2.20. The van der Waals surface area contributed by atoms with Gasteiger partial charge in [-0.2, -0.15) is 5.26 Å². The summed E-state index contributed by atoms with van der Waals surface area (Å²) in [5.41, 5.74) is 2.81. The van der Waals surface area contributed by atoms with Crippen LogP contribution in [-0.2, 0) is 6.67 Å². The molecule has 1 fully saturated rings. The zero-order valence-electron chi connectivity index (χ0n) is 12.0. The monoisotopic (exact) mass is 276 g/mol. The van der Waals surface area contributed by atoms with Crippen molar-refractivity contribution in [2.24, 2.45) is 5.92 Å². The van der Waals surface area contributed by atoms with E-state index in [0.29, 0.717) is 10.2 Å². The molecule has 0 saturated carbocycles. The van der Waals surface area contributed by atoms with E-state index in [2.05, 4.69) is 30.6 Å². The minimum Gasteiger partial charge on any atom is -0.318 e. The summed E-state index contributed by atoms with van der Waals surface area (Å²) >= 11 is 5.48. The average Bonchev–Trinajstić information content (AvgIpc) is 2.37. The van der Waals surface area contributed by atoms with E-state index < -0.39 is 0 Å². The Bertz CT molecular complexity index is 560. The first-order valence-corrected chi connectivity index (χ1v) is 7.38. The fourth-order valence-electron chi connectivity index (χ4n) is 2.81. The normalized spacial score (nSPS) is 23.1. The fraction of sp³-hybridized carbons (Fsp3) is 0.600. The number of hydrogen-bond donors (Lipinski definition) is 1. The number of pyridine rings is 1. The molecule has 4 heteroatoms. The van der Waals surface area contributed by atoms with Crippen molar-refractivity contribution in [3.63, 3.8) is 0 Å². The molecule has 0 unspecified atom stereocenters. The Hall–Kier alpha value is -1.18. The van der Waals surface area contributed by atoms with Crippen LogP contribution in [0.15, 0.2) is 6.07 Å². The second-order valence-electron chi connectivity index (χ2n) is 5.78. The number of aryl methyl sites for hydroxylation is 2. The third-order valence-corrected chi connectivity index (χ3v) is 4.60. The van der Waals surface area contributed by atoms with Crippen molar-refractivity contribution in [3.05, 3.63) is 27.5 Å². The fourth-order valence-corrected chi connectivity index (χ4v) is 3.23. The Balaban J connectivity index is 2.26. The number of hydrogen-bond acceptors (Lipinski definition) is 2. The summed E-state index contributed by atoms with van der Waals surface area (Å²) in [5, 5.41) is 9.22. The topological polar surface area (TPSA) is 33.2 Å². The van der Waals surface area contributed by atoms with Crippen LogP contribution in [0.25, 0.3) is 0 Å². The Kier molecular flexibility index (Phi) is 4.38. The van der Waals surface area contributed by atoms with Crippen LogP contribution in [0.2, 0.25) is 0 Å². The second-order valence-corrected chi connectivity index (χ2v) is 6.17. The number of nitrogens with zero attached hydrogens (tertiary/aromatic N) is 2. The highest BCUT2D eigenvalue weighted by molar-refractivity contribution is 7.71. The zero-order valence-corrected chi connectivity index (χ0v) is 12.8. The van der Waals surface area contributed by atoms with E-state index >= 15 is 0 Å². The molecule has 0 aliphatic carbocycles. The van der Waals surface area contributed by atoms with E-state index in [1.54, 1.807) is 4.90 Å². The maximum Gasteiger partial charge on any atom is 0.157 e. The molecule has 1 aromatic rings. The van der Waals surface area contributed by atoms with Gasteiger partial charge in [-0.25, -0.2) is 0 Å². The summed E-state index contributed by atoms with van der Waals surface area (Å²) in [4.78, 5) is 1.57. The van der Waals surface area contributed by atoms with Crippen molar-refractivity contribution in [2.75, 3.05) is 13.1 Å². The number of aromatic nitrogens is 1. The smallest absolute Gasteiger partial charge is 0.157 e. The van der Waals surface area contributed by atoms with E-state index in [4.69, 9.17) is 12.2 Å². The molecule has 102 valence electrons. The van der Waals surface area contributed by atoms with Gasteiger partial charge in [-0.3, -0.25) is 4.57 Å². The average molecular weight is 276 g/mol. The van der Waals surface area contributed by atoms with Crippen molar-refractivity contribution in [2.45, 2.75) is 40.3 Å². The van der Waals surface area contributed by atoms with Crippen LogP contribution in [0.5, 0.6) is 0 Å². The maximum atomic E-state index is 9.22. The van der Waals surface area contributed by atoms with Gasteiger partial charge in [0.2, 0.25) is 0 Å². The van der Waals surface area contributed by atoms with Crippen LogP contribution in [-0.4, -0.2) is 17.7 Å². The van der Waals surface area contributed by atoms with Crippen LogP contribution in [0, 0.1) is 35.7 Å². The molecule has 2 rings (SSSR count). The van der Waals surface area contributed by atoms with Gasteiger partial charge in [0.1, 0.15) is 10.7 Å². The lowest BCUT2D eigenvalue weighted by Gasteiger charge is -2.28. The summed E-state index contributed by atoms with van der Waals surface area (Å²) < 4.78 is 2.83. The van der Waals surface area contributed by atoms with E-state index in [9.17, 15) is 5.26 Å². The van der Waals surface area contributed by atoms with Gasteiger partial charge in [-0.15, -0.1) is 0 Å². The molecule has 3 nitrogen and oxygen atoms in total. The van der Waals surface area contributed by atoms with Crippen molar-refractivity contribution in [3.8, 4) is 6.07 Å². The number of quaternary nitrogens is 1. The molecule has 2 heterocycles. The Morgan fingerprint density at radius 1 is 1.42 bits per heavy atom. The lowest BCUT2D eigenvalue weighted by Crippen LogP contribution is -3.12. The minimum absolute atomic E-state index is 0.658. The first kappa shape index (κ1) is 14.2. The zero-order chi connectivity index (χ0) is 14.0. The van der Waals surface area contributed by atoms with Crippen LogP contribution in [0.1, 0.15) is 36.6 Å². The molecule has 1 aliphatic heterocycles. The lowest BCUT2D eigenvalue weighted by atomic mass is 10.00. The lowest BCUT2D eigenvalue weighted by molar-refractivity contribution is -0.928. The molecular weight excluding hydrogens is 254 g/mol. The van der Waals surface area contributed by atoms with E-state index in [1.807, 2.05) is 6.92 Å². The number of rotatable bonds is 2. The molecule has 1 aromatic heterocycles. The van der Waals surface area contributed by atoms with E-state index in [0.717, 1.165) is 23.8 Å². The van der Waals surface area contributed by atoms with Crippen LogP contribution in [0.3, 0.4) is 0 Å². The molecule has 1 saturated heterocycles. The van der Waals surface area contributed by atoms with Gasteiger partial charge in [0.05, 0.1) is 18.7 Å². The van der Waals surface area contributed by atoms with Gasteiger partial charge >= 0.3 is 0 Å². The van der Waals surface area contributed by atoms with Crippen molar-refractivity contribution < 1.29 is 4.90 Å². The quantitative estimate of drug-likeness (QED) is 0.838. The summed E-state index contributed by atoms with van der Waals surface area (Å²) in [6.45, 7) is 9.67. The van der Waals surface area contributed by atoms with Gasteiger partial charge in [-0.1, -0.05) is 19.1 Å². The minimum atomic E-state index is 0.658.